The number of carbonyl (C=O) groups is 2. The van der Waals surface area contributed by atoms with E-state index in [9.17, 15) is 9.59 Å². The molecule has 0 aromatic heterocycles. The highest BCUT2D eigenvalue weighted by Crippen LogP contribution is 2.13. The molecule has 0 aliphatic carbocycles. The van der Waals surface area contributed by atoms with Gasteiger partial charge in [0.05, 0.1) is 6.54 Å². The summed E-state index contributed by atoms with van der Waals surface area (Å²) in [5, 5.41) is 8.71. The molecule has 5 nitrogen and oxygen atoms in total. The van der Waals surface area contributed by atoms with Gasteiger partial charge < -0.3 is 16.0 Å². The number of carbonyl (C=O) groups excluding carboxylic acids is 2. The number of amides is 2. The molecule has 0 spiro atoms. The minimum atomic E-state index is -0.111. The third kappa shape index (κ3) is 6.59. The Morgan fingerprint density at radius 2 is 2.06 bits per heavy atom. The van der Waals surface area contributed by atoms with Crippen LogP contribution < -0.4 is 16.0 Å². The van der Waals surface area contributed by atoms with Gasteiger partial charge in [0.15, 0.2) is 0 Å². The molecule has 1 atom stereocenters. The molecule has 0 bridgehead atoms. The fraction of sp³-hybridized carbons (Fsp3) is 0.846. The molecule has 1 fully saturated rings. The first kappa shape index (κ1) is 15.0. The summed E-state index contributed by atoms with van der Waals surface area (Å²) in [5.74, 6) is 0.909. The van der Waals surface area contributed by atoms with Crippen LogP contribution in [0.3, 0.4) is 0 Å². The van der Waals surface area contributed by atoms with Crippen molar-refractivity contribution in [3.05, 3.63) is 0 Å². The maximum absolute atomic E-state index is 11.5. The Kier molecular flexibility index (Phi) is 6.72. The molecule has 18 heavy (non-hydrogen) atoms. The van der Waals surface area contributed by atoms with E-state index in [1.807, 2.05) is 13.8 Å². The Labute approximate surface area is 109 Å². The molecule has 3 N–H and O–H groups in total. The van der Waals surface area contributed by atoms with Crippen molar-refractivity contribution in [1.82, 2.24) is 16.0 Å². The zero-order valence-electron chi connectivity index (χ0n) is 11.4. The van der Waals surface area contributed by atoms with Crippen LogP contribution in [0.5, 0.6) is 0 Å². The number of rotatable bonds is 7. The predicted octanol–water partition coefficient (Wildman–Crippen LogP) is 0.265. The fourth-order valence-corrected chi connectivity index (χ4v) is 1.94. The van der Waals surface area contributed by atoms with E-state index in [2.05, 4.69) is 16.0 Å². The van der Waals surface area contributed by atoms with Crippen LogP contribution in [0.1, 0.15) is 33.1 Å². The van der Waals surface area contributed by atoms with Crippen LogP contribution in [0.4, 0.5) is 0 Å². The van der Waals surface area contributed by atoms with Gasteiger partial charge >= 0.3 is 0 Å². The standard InChI is InChI=1S/C13H25N3O2/c1-10(2)7-15-13(18)9-16-12(17)4-3-11-5-6-14-8-11/h10-11,14H,3-9H2,1-2H3,(H,15,18)(H,16,17). The largest absolute Gasteiger partial charge is 0.354 e. The summed E-state index contributed by atoms with van der Waals surface area (Å²) in [7, 11) is 0. The van der Waals surface area contributed by atoms with Crippen LogP contribution in [0.2, 0.25) is 0 Å². The molecule has 104 valence electrons. The summed E-state index contributed by atoms with van der Waals surface area (Å²) >= 11 is 0. The van der Waals surface area contributed by atoms with Gasteiger partial charge in [0.2, 0.25) is 11.8 Å². The Morgan fingerprint density at radius 1 is 1.28 bits per heavy atom. The van der Waals surface area contributed by atoms with Crippen molar-refractivity contribution in [3.8, 4) is 0 Å². The summed E-state index contributed by atoms with van der Waals surface area (Å²) < 4.78 is 0. The van der Waals surface area contributed by atoms with Gasteiger partial charge in [0.25, 0.3) is 0 Å². The van der Waals surface area contributed by atoms with Crippen LogP contribution in [0.25, 0.3) is 0 Å². The highest BCUT2D eigenvalue weighted by molar-refractivity contribution is 5.84. The maximum atomic E-state index is 11.5. The van der Waals surface area contributed by atoms with Crippen molar-refractivity contribution >= 4 is 11.8 Å². The summed E-state index contributed by atoms with van der Waals surface area (Å²) in [4.78, 5) is 22.9. The molecule has 0 aromatic rings. The first-order valence-electron chi connectivity index (χ1n) is 6.82. The molecular weight excluding hydrogens is 230 g/mol. The molecule has 0 aromatic carbocycles. The Balaban J connectivity index is 2.03. The van der Waals surface area contributed by atoms with Crippen LogP contribution in [0, 0.1) is 11.8 Å². The number of hydrogen-bond donors (Lipinski definition) is 3. The molecule has 1 heterocycles. The van der Waals surface area contributed by atoms with E-state index in [1.165, 1.54) is 0 Å². The van der Waals surface area contributed by atoms with Gasteiger partial charge in [0.1, 0.15) is 0 Å². The quantitative estimate of drug-likeness (QED) is 0.611. The minimum absolute atomic E-state index is 0.0263. The lowest BCUT2D eigenvalue weighted by Crippen LogP contribution is -2.38. The van der Waals surface area contributed by atoms with E-state index >= 15 is 0 Å². The predicted molar refractivity (Wildman–Crippen MR) is 71.1 cm³/mol. The van der Waals surface area contributed by atoms with Crippen LogP contribution in [0.15, 0.2) is 0 Å². The molecule has 1 saturated heterocycles. The molecule has 1 unspecified atom stereocenters. The van der Waals surface area contributed by atoms with E-state index in [4.69, 9.17) is 0 Å². The minimum Gasteiger partial charge on any atom is -0.354 e. The average Bonchev–Trinajstić information content (AvgIpc) is 2.84. The second-order valence-electron chi connectivity index (χ2n) is 5.37. The third-order valence-corrected chi connectivity index (χ3v) is 3.10. The maximum Gasteiger partial charge on any atom is 0.239 e. The summed E-state index contributed by atoms with van der Waals surface area (Å²) in [5.41, 5.74) is 0. The van der Waals surface area contributed by atoms with Crippen LogP contribution in [-0.2, 0) is 9.59 Å². The van der Waals surface area contributed by atoms with E-state index < -0.39 is 0 Å². The molecule has 1 aliphatic heterocycles. The first-order chi connectivity index (χ1) is 8.58. The second kappa shape index (κ2) is 8.08. The molecule has 1 rings (SSSR count). The van der Waals surface area contributed by atoms with Crippen molar-refractivity contribution in [3.63, 3.8) is 0 Å². The molecule has 2 amide bonds. The normalized spacial score (nSPS) is 18.9. The van der Waals surface area contributed by atoms with E-state index in [0.29, 0.717) is 24.8 Å². The second-order valence-corrected chi connectivity index (χ2v) is 5.37. The summed E-state index contributed by atoms with van der Waals surface area (Å²) in [6, 6.07) is 0. The molecule has 5 heteroatoms. The van der Waals surface area contributed by atoms with E-state index in [1.54, 1.807) is 0 Å². The topological polar surface area (TPSA) is 70.2 Å². The monoisotopic (exact) mass is 255 g/mol. The SMILES string of the molecule is CC(C)CNC(=O)CNC(=O)CCC1CCNC1. The van der Waals surface area contributed by atoms with E-state index in [0.717, 1.165) is 25.9 Å². The van der Waals surface area contributed by atoms with Gasteiger partial charge in [-0.05, 0) is 37.8 Å². The number of hydrogen-bond acceptors (Lipinski definition) is 3. The Morgan fingerprint density at radius 3 is 2.67 bits per heavy atom. The van der Waals surface area contributed by atoms with Crippen molar-refractivity contribution in [1.29, 1.82) is 0 Å². The van der Waals surface area contributed by atoms with Crippen molar-refractivity contribution < 1.29 is 9.59 Å². The highest BCUT2D eigenvalue weighted by Gasteiger charge is 2.15. The van der Waals surface area contributed by atoms with Gasteiger partial charge in [-0.1, -0.05) is 13.8 Å². The van der Waals surface area contributed by atoms with Crippen LogP contribution >= 0.6 is 0 Å². The van der Waals surface area contributed by atoms with Gasteiger partial charge in [-0.2, -0.15) is 0 Å². The lowest BCUT2D eigenvalue weighted by molar-refractivity contribution is -0.126. The lowest BCUT2D eigenvalue weighted by Gasteiger charge is -2.10. The molecule has 0 saturated carbocycles. The van der Waals surface area contributed by atoms with Gasteiger partial charge in [0, 0.05) is 13.0 Å². The van der Waals surface area contributed by atoms with Crippen molar-refractivity contribution in [2.24, 2.45) is 11.8 Å². The molecule has 1 aliphatic rings. The Hall–Kier alpha value is -1.10. The van der Waals surface area contributed by atoms with Crippen molar-refractivity contribution in [2.45, 2.75) is 33.1 Å². The first-order valence-corrected chi connectivity index (χ1v) is 6.82. The van der Waals surface area contributed by atoms with E-state index in [-0.39, 0.29) is 18.4 Å². The van der Waals surface area contributed by atoms with Gasteiger partial charge in [-0.3, -0.25) is 9.59 Å². The highest BCUT2D eigenvalue weighted by atomic mass is 16.2. The average molecular weight is 255 g/mol. The fourth-order valence-electron chi connectivity index (χ4n) is 1.94. The molecular formula is C13H25N3O2. The van der Waals surface area contributed by atoms with Crippen molar-refractivity contribution in [2.75, 3.05) is 26.2 Å². The van der Waals surface area contributed by atoms with Gasteiger partial charge in [-0.15, -0.1) is 0 Å². The number of nitrogens with one attached hydrogen (secondary N) is 3. The lowest BCUT2D eigenvalue weighted by atomic mass is 10.0. The zero-order valence-corrected chi connectivity index (χ0v) is 11.4. The van der Waals surface area contributed by atoms with Gasteiger partial charge in [-0.25, -0.2) is 0 Å². The molecule has 0 radical (unpaired) electrons. The zero-order chi connectivity index (χ0) is 13.4. The smallest absolute Gasteiger partial charge is 0.239 e. The van der Waals surface area contributed by atoms with Crippen LogP contribution in [-0.4, -0.2) is 38.0 Å². The Bertz CT molecular complexity index is 273. The third-order valence-electron chi connectivity index (χ3n) is 3.10. The summed E-state index contributed by atoms with van der Waals surface area (Å²) in [6.07, 6.45) is 2.58. The summed E-state index contributed by atoms with van der Waals surface area (Å²) in [6.45, 7) is 6.89.